The SMILES string of the molecule is CC(C)(CCCO)CNc1cccc(NN)c1[N+](=O)[O-]. The Labute approximate surface area is 118 Å². The van der Waals surface area contributed by atoms with E-state index in [-0.39, 0.29) is 23.4 Å². The molecule has 0 bridgehead atoms. The third-order valence-electron chi connectivity index (χ3n) is 3.14. The predicted octanol–water partition coefficient (Wildman–Crippen LogP) is 2.09. The number of rotatable bonds is 8. The topological polar surface area (TPSA) is 113 Å². The number of aliphatic hydroxyl groups is 1. The second-order valence-electron chi connectivity index (χ2n) is 5.45. The van der Waals surface area contributed by atoms with Gasteiger partial charge in [-0.05, 0) is 30.4 Å². The summed E-state index contributed by atoms with van der Waals surface area (Å²) in [6, 6.07) is 4.91. The molecule has 0 fully saturated rings. The van der Waals surface area contributed by atoms with Crippen molar-refractivity contribution in [3.05, 3.63) is 28.3 Å². The van der Waals surface area contributed by atoms with E-state index in [1.54, 1.807) is 18.2 Å². The molecule has 0 spiro atoms. The number of nitrogens with two attached hydrogens (primary N) is 1. The second-order valence-corrected chi connectivity index (χ2v) is 5.45. The number of nitrogens with one attached hydrogen (secondary N) is 2. The smallest absolute Gasteiger partial charge is 0.316 e. The van der Waals surface area contributed by atoms with Gasteiger partial charge in [-0.15, -0.1) is 0 Å². The highest BCUT2D eigenvalue weighted by Gasteiger charge is 2.22. The highest BCUT2D eigenvalue weighted by molar-refractivity contribution is 5.75. The summed E-state index contributed by atoms with van der Waals surface area (Å²) in [5.74, 6) is 5.29. The van der Waals surface area contributed by atoms with E-state index in [1.165, 1.54) is 0 Å². The highest BCUT2D eigenvalue weighted by Crippen LogP contribution is 2.33. The molecule has 0 aliphatic rings. The molecule has 1 aromatic carbocycles. The van der Waals surface area contributed by atoms with Gasteiger partial charge < -0.3 is 15.8 Å². The minimum atomic E-state index is -0.460. The molecule has 0 radical (unpaired) electrons. The largest absolute Gasteiger partial charge is 0.396 e. The lowest BCUT2D eigenvalue weighted by Crippen LogP contribution is -2.24. The minimum absolute atomic E-state index is 0.0621. The van der Waals surface area contributed by atoms with Crippen LogP contribution in [0.3, 0.4) is 0 Å². The fourth-order valence-electron chi connectivity index (χ4n) is 1.98. The van der Waals surface area contributed by atoms with Gasteiger partial charge in [-0.25, -0.2) is 0 Å². The average Bonchev–Trinajstić information content (AvgIpc) is 2.42. The second kappa shape index (κ2) is 7.06. The summed E-state index contributed by atoms with van der Waals surface area (Å²) in [5.41, 5.74) is 2.91. The van der Waals surface area contributed by atoms with Gasteiger partial charge >= 0.3 is 5.69 Å². The number of hydrogen-bond donors (Lipinski definition) is 4. The van der Waals surface area contributed by atoms with Crippen LogP contribution in [0, 0.1) is 15.5 Å². The first-order chi connectivity index (χ1) is 9.41. The molecule has 0 saturated heterocycles. The number of nitrogen functional groups attached to an aromatic ring is 1. The van der Waals surface area contributed by atoms with Crippen LogP contribution in [-0.4, -0.2) is 23.2 Å². The van der Waals surface area contributed by atoms with Crippen LogP contribution in [0.5, 0.6) is 0 Å². The predicted molar refractivity (Wildman–Crippen MR) is 79.5 cm³/mol. The molecule has 112 valence electrons. The Morgan fingerprint density at radius 1 is 1.40 bits per heavy atom. The van der Waals surface area contributed by atoms with Gasteiger partial charge in [0.05, 0.1) is 4.92 Å². The van der Waals surface area contributed by atoms with Gasteiger partial charge in [-0.1, -0.05) is 19.9 Å². The maximum Gasteiger partial charge on any atom is 0.316 e. The van der Waals surface area contributed by atoms with E-state index in [0.29, 0.717) is 18.7 Å². The zero-order valence-corrected chi connectivity index (χ0v) is 11.8. The van der Waals surface area contributed by atoms with Crippen LogP contribution in [0.25, 0.3) is 0 Å². The van der Waals surface area contributed by atoms with Crippen molar-refractivity contribution in [3.8, 4) is 0 Å². The van der Waals surface area contributed by atoms with Gasteiger partial charge in [0, 0.05) is 13.2 Å². The van der Waals surface area contributed by atoms with E-state index in [9.17, 15) is 10.1 Å². The van der Waals surface area contributed by atoms with Crippen molar-refractivity contribution in [2.45, 2.75) is 26.7 Å². The van der Waals surface area contributed by atoms with Gasteiger partial charge in [0.1, 0.15) is 11.4 Å². The van der Waals surface area contributed by atoms with Crippen LogP contribution in [0.2, 0.25) is 0 Å². The molecule has 1 aromatic rings. The Hall–Kier alpha value is -1.86. The number of aliphatic hydroxyl groups excluding tert-OH is 1. The summed E-state index contributed by atoms with van der Waals surface area (Å²) in [6.07, 6.45) is 1.54. The summed E-state index contributed by atoms with van der Waals surface area (Å²) in [4.78, 5) is 10.7. The van der Waals surface area contributed by atoms with E-state index in [1.807, 2.05) is 13.8 Å². The number of para-hydroxylation sites is 1. The van der Waals surface area contributed by atoms with Crippen molar-refractivity contribution in [3.63, 3.8) is 0 Å². The first-order valence-electron chi connectivity index (χ1n) is 6.50. The molecule has 0 atom stereocenters. The Balaban J connectivity index is 2.85. The number of hydrazine groups is 1. The fourth-order valence-corrected chi connectivity index (χ4v) is 1.98. The number of benzene rings is 1. The molecule has 5 N–H and O–H groups in total. The first-order valence-corrected chi connectivity index (χ1v) is 6.50. The molecule has 0 heterocycles. The maximum absolute atomic E-state index is 11.1. The van der Waals surface area contributed by atoms with Crippen LogP contribution in [-0.2, 0) is 0 Å². The van der Waals surface area contributed by atoms with Crippen LogP contribution < -0.4 is 16.6 Å². The van der Waals surface area contributed by atoms with Crippen molar-refractivity contribution in [1.29, 1.82) is 0 Å². The van der Waals surface area contributed by atoms with E-state index < -0.39 is 4.92 Å². The monoisotopic (exact) mass is 282 g/mol. The van der Waals surface area contributed by atoms with Crippen molar-refractivity contribution in [2.24, 2.45) is 11.3 Å². The quantitative estimate of drug-likeness (QED) is 0.330. The first kappa shape index (κ1) is 16.2. The molecule has 1 rings (SSSR count). The molecule has 0 aliphatic heterocycles. The summed E-state index contributed by atoms with van der Waals surface area (Å²) >= 11 is 0. The molecule has 20 heavy (non-hydrogen) atoms. The van der Waals surface area contributed by atoms with E-state index in [2.05, 4.69) is 10.7 Å². The molecule has 0 aliphatic carbocycles. The fraction of sp³-hybridized carbons (Fsp3) is 0.538. The average molecular weight is 282 g/mol. The van der Waals surface area contributed by atoms with Crippen LogP contribution >= 0.6 is 0 Å². The van der Waals surface area contributed by atoms with Gasteiger partial charge in [0.15, 0.2) is 0 Å². The third-order valence-corrected chi connectivity index (χ3v) is 3.14. The van der Waals surface area contributed by atoms with Crippen molar-refractivity contribution in [1.82, 2.24) is 0 Å². The number of hydrogen-bond acceptors (Lipinski definition) is 6. The Kier molecular flexibility index (Phi) is 5.72. The molecular weight excluding hydrogens is 260 g/mol. The van der Waals surface area contributed by atoms with Crippen LogP contribution in [0.1, 0.15) is 26.7 Å². The number of nitro groups is 1. The zero-order chi connectivity index (χ0) is 15.2. The van der Waals surface area contributed by atoms with E-state index in [0.717, 1.165) is 6.42 Å². The van der Waals surface area contributed by atoms with Crippen molar-refractivity contribution >= 4 is 17.1 Å². The standard InChI is InChI=1S/C13H22N4O3/c1-13(2,7-4-8-18)9-15-10-5-3-6-11(16-14)12(10)17(19)20/h3,5-6,15-16,18H,4,7-9,14H2,1-2H3. The summed E-state index contributed by atoms with van der Waals surface area (Å²) in [5, 5.41) is 23.1. The zero-order valence-electron chi connectivity index (χ0n) is 11.8. The molecule has 0 unspecified atom stereocenters. The van der Waals surface area contributed by atoms with E-state index in [4.69, 9.17) is 10.9 Å². The maximum atomic E-state index is 11.1. The number of nitrogens with zero attached hydrogens (tertiary/aromatic N) is 1. The minimum Gasteiger partial charge on any atom is -0.396 e. The van der Waals surface area contributed by atoms with E-state index >= 15 is 0 Å². The summed E-state index contributed by atoms with van der Waals surface area (Å²) in [7, 11) is 0. The molecule has 7 heteroatoms. The molecule has 7 nitrogen and oxygen atoms in total. The lowest BCUT2D eigenvalue weighted by Gasteiger charge is -2.25. The van der Waals surface area contributed by atoms with Gasteiger partial charge in [-0.2, -0.15) is 0 Å². The number of nitro benzene ring substituents is 1. The molecule has 0 aromatic heterocycles. The normalized spacial score (nSPS) is 11.2. The molecule has 0 amide bonds. The Bertz CT molecular complexity index is 463. The van der Waals surface area contributed by atoms with Crippen LogP contribution in [0.15, 0.2) is 18.2 Å². The van der Waals surface area contributed by atoms with Gasteiger partial charge in [-0.3, -0.25) is 16.0 Å². The summed E-state index contributed by atoms with van der Waals surface area (Å²) < 4.78 is 0. The lowest BCUT2D eigenvalue weighted by molar-refractivity contribution is -0.383. The van der Waals surface area contributed by atoms with Gasteiger partial charge in [0.2, 0.25) is 0 Å². The van der Waals surface area contributed by atoms with Crippen molar-refractivity contribution in [2.75, 3.05) is 23.9 Å². The van der Waals surface area contributed by atoms with Crippen LogP contribution in [0.4, 0.5) is 17.1 Å². The lowest BCUT2D eigenvalue weighted by atomic mass is 9.88. The third kappa shape index (κ3) is 4.36. The number of anilines is 2. The molecule has 0 saturated carbocycles. The Morgan fingerprint density at radius 3 is 2.60 bits per heavy atom. The van der Waals surface area contributed by atoms with Gasteiger partial charge in [0.25, 0.3) is 0 Å². The summed E-state index contributed by atoms with van der Waals surface area (Å²) in [6.45, 7) is 4.82. The van der Waals surface area contributed by atoms with Crippen molar-refractivity contribution < 1.29 is 10.0 Å². The molecular formula is C13H22N4O3. The highest BCUT2D eigenvalue weighted by atomic mass is 16.6. The Morgan fingerprint density at radius 2 is 2.05 bits per heavy atom.